The molecule has 1 amide bonds. The van der Waals surface area contributed by atoms with Gasteiger partial charge in [0.2, 0.25) is 5.91 Å². The second-order valence-corrected chi connectivity index (χ2v) is 5.77. The summed E-state index contributed by atoms with van der Waals surface area (Å²) in [7, 11) is 0. The lowest BCUT2D eigenvalue weighted by molar-refractivity contribution is -0.115. The number of nitrogens with one attached hydrogen (secondary N) is 1. The van der Waals surface area contributed by atoms with Gasteiger partial charge >= 0.3 is 0 Å². The number of anilines is 1. The summed E-state index contributed by atoms with van der Waals surface area (Å²) in [6, 6.07) is 17.4. The summed E-state index contributed by atoms with van der Waals surface area (Å²) < 4.78 is 5.70. The topological polar surface area (TPSA) is 38.3 Å². The molecule has 3 nitrogen and oxygen atoms in total. The molecule has 4 heteroatoms. The number of hydrogen-bond donors (Lipinski definition) is 1. The van der Waals surface area contributed by atoms with Crippen LogP contribution in [0.2, 0.25) is 0 Å². The van der Waals surface area contributed by atoms with Gasteiger partial charge in [-0.3, -0.25) is 4.79 Å². The average molecular weight is 348 g/mol. The molecular weight excluding hydrogens is 330 g/mol. The molecule has 0 aliphatic heterocycles. The number of benzene rings is 2. The Labute approximate surface area is 133 Å². The van der Waals surface area contributed by atoms with Gasteiger partial charge in [0, 0.05) is 5.69 Å². The zero-order valence-corrected chi connectivity index (χ0v) is 13.5. The molecule has 0 saturated carbocycles. The second kappa shape index (κ2) is 7.84. The van der Waals surface area contributed by atoms with Crippen molar-refractivity contribution in [1.29, 1.82) is 0 Å². The van der Waals surface area contributed by atoms with Crippen molar-refractivity contribution in [2.24, 2.45) is 0 Å². The molecule has 1 atom stereocenters. The van der Waals surface area contributed by atoms with Crippen molar-refractivity contribution in [3.8, 4) is 5.75 Å². The Bertz CT molecular complexity index is 569. The van der Waals surface area contributed by atoms with E-state index in [-0.39, 0.29) is 10.7 Å². The van der Waals surface area contributed by atoms with Crippen LogP contribution in [0.15, 0.2) is 54.6 Å². The van der Waals surface area contributed by atoms with E-state index < -0.39 is 0 Å². The smallest absolute Gasteiger partial charge is 0.238 e. The quantitative estimate of drug-likeness (QED) is 0.787. The van der Waals surface area contributed by atoms with Crippen LogP contribution in [0.5, 0.6) is 5.75 Å². The highest BCUT2D eigenvalue weighted by Crippen LogP contribution is 2.18. The van der Waals surface area contributed by atoms with Crippen LogP contribution in [-0.4, -0.2) is 10.7 Å². The molecule has 0 bridgehead atoms. The molecule has 0 radical (unpaired) electrons. The summed E-state index contributed by atoms with van der Waals surface area (Å²) in [5, 5.41) is 2.85. The highest BCUT2D eigenvalue weighted by atomic mass is 79.9. The summed E-state index contributed by atoms with van der Waals surface area (Å²) in [6.45, 7) is 2.49. The summed E-state index contributed by atoms with van der Waals surface area (Å²) in [5.41, 5.74) is 1.89. The van der Waals surface area contributed by atoms with E-state index in [0.29, 0.717) is 6.61 Å². The van der Waals surface area contributed by atoms with Crippen LogP contribution < -0.4 is 10.1 Å². The SMILES string of the molecule is CCC(Br)C(=O)Nc1ccc(OCc2ccccc2)cc1. The molecule has 1 N–H and O–H groups in total. The van der Waals surface area contributed by atoms with Gasteiger partial charge in [0.15, 0.2) is 0 Å². The molecule has 0 fully saturated rings. The molecule has 110 valence electrons. The molecule has 0 spiro atoms. The first-order chi connectivity index (χ1) is 10.2. The first kappa shape index (κ1) is 15.6. The van der Waals surface area contributed by atoms with Gasteiger partial charge in [0.05, 0.1) is 4.83 Å². The Morgan fingerprint density at radius 3 is 2.43 bits per heavy atom. The van der Waals surface area contributed by atoms with E-state index in [1.165, 1.54) is 0 Å². The monoisotopic (exact) mass is 347 g/mol. The predicted molar refractivity (Wildman–Crippen MR) is 88.9 cm³/mol. The first-order valence-electron chi connectivity index (χ1n) is 6.90. The highest BCUT2D eigenvalue weighted by Gasteiger charge is 2.11. The molecule has 0 aliphatic carbocycles. The predicted octanol–water partition coefficient (Wildman–Crippen LogP) is 4.38. The van der Waals surface area contributed by atoms with E-state index in [9.17, 15) is 4.79 Å². The standard InChI is InChI=1S/C17H18BrNO2/c1-2-16(18)17(20)19-14-8-10-15(11-9-14)21-12-13-6-4-3-5-7-13/h3-11,16H,2,12H2,1H3,(H,19,20). The minimum absolute atomic E-state index is 0.0320. The Morgan fingerprint density at radius 2 is 1.81 bits per heavy atom. The van der Waals surface area contributed by atoms with Gasteiger partial charge in [0.1, 0.15) is 12.4 Å². The van der Waals surface area contributed by atoms with Crippen molar-refractivity contribution in [2.75, 3.05) is 5.32 Å². The molecule has 0 aliphatic rings. The molecular formula is C17H18BrNO2. The Hall–Kier alpha value is -1.81. The lowest BCUT2D eigenvalue weighted by Gasteiger charge is -2.10. The van der Waals surface area contributed by atoms with Gasteiger partial charge in [-0.2, -0.15) is 0 Å². The fraction of sp³-hybridized carbons (Fsp3) is 0.235. The summed E-state index contributed by atoms with van der Waals surface area (Å²) in [4.78, 5) is 11.6. The normalized spacial score (nSPS) is 11.7. The van der Waals surface area contributed by atoms with Crippen LogP contribution in [-0.2, 0) is 11.4 Å². The number of hydrogen-bond acceptors (Lipinski definition) is 2. The summed E-state index contributed by atoms with van der Waals surface area (Å²) in [6.07, 6.45) is 0.754. The minimum Gasteiger partial charge on any atom is -0.489 e. The van der Waals surface area contributed by atoms with Gasteiger partial charge in [-0.05, 0) is 36.2 Å². The maximum atomic E-state index is 11.7. The third-order valence-electron chi connectivity index (χ3n) is 3.01. The van der Waals surface area contributed by atoms with Crippen LogP contribution in [0.25, 0.3) is 0 Å². The van der Waals surface area contributed by atoms with Gasteiger partial charge in [-0.25, -0.2) is 0 Å². The molecule has 21 heavy (non-hydrogen) atoms. The lowest BCUT2D eigenvalue weighted by Crippen LogP contribution is -2.21. The fourth-order valence-electron chi connectivity index (χ4n) is 1.78. The summed E-state index contributed by atoms with van der Waals surface area (Å²) in [5.74, 6) is 0.748. The number of rotatable bonds is 6. The van der Waals surface area contributed by atoms with Gasteiger partial charge in [-0.1, -0.05) is 53.2 Å². The van der Waals surface area contributed by atoms with Crippen molar-refractivity contribution in [3.63, 3.8) is 0 Å². The third-order valence-corrected chi connectivity index (χ3v) is 4.08. The highest BCUT2D eigenvalue weighted by molar-refractivity contribution is 9.10. The number of carbonyl (C=O) groups is 1. The second-order valence-electron chi connectivity index (χ2n) is 4.66. The van der Waals surface area contributed by atoms with Gasteiger partial charge < -0.3 is 10.1 Å². The maximum Gasteiger partial charge on any atom is 0.238 e. The Balaban J connectivity index is 1.88. The van der Waals surface area contributed by atoms with Gasteiger partial charge in [-0.15, -0.1) is 0 Å². The van der Waals surface area contributed by atoms with E-state index in [1.54, 1.807) is 0 Å². The van der Waals surface area contributed by atoms with E-state index in [1.807, 2.05) is 61.5 Å². The molecule has 2 aromatic rings. The molecule has 0 saturated heterocycles. The number of halogens is 1. The van der Waals surface area contributed by atoms with Crippen LogP contribution in [0.3, 0.4) is 0 Å². The largest absolute Gasteiger partial charge is 0.489 e. The van der Waals surface area contributed by atoms with E-state index >= 15 is 0 Å². The Kier molecular flexibility index (Phi) is 5.81. The number of carbonyl (C=O) groups excluding carboxylic acids is 1. The zero-order chi connectivity index (χ0) is 15.1. The average Bonchev–Trinajstić information content (AvgIpc) is 2.54. The van der Waals surface area contributed by atoms with Crippen LogP contribution in [0.4, 0.5) is 5.69 Å². The van der Waals surface area contributed by atoms with Crippen molar-refractivity contribution >= 4 is 27.5 Å². The lowest BCUT2D eigenvalue weighted by atomic mass is 10.2. The van der Waals surface area contributed by atoms with E-state index in [2.05, 4.69) is 21.2 Å². The van der Waals surface area contributed by atoms with Crippen molar-refractivity contribution in [1.82, 2.24) is 0 Å². The number of ether oxygens (including phenoxy) is 1. The third kappa shape index (κ3) is 4.90. The molecule has 1 unspecified atom stereocenters. The minimum atomic E-state index is -0.161. The molecule has 0 aromatic heterocycles. The number of amides is 1. The molecule has 2 rings (SSSR count). The van der Waals surface area contributed by atoms with Crippen LogP contribution in [0.1, 0.15) is 18.9 Å². The first-order valence-corrected chi connectivity index (χ1v) is 7.82. The maximum absolute atomic E-state index is 11.7. The molecule has 0 heterocycles. The van der Waals surface area contributed by atoms with Crippen LogP contribution in [0, 0.1) is 0 Å². The van der Waals surface area contributed by atoms with Gasteiger partial charge in [0.25, 0.3) is 0 Å². The molecule has 2 aromatic carbocycles. The van der Waals surface area contributed by atoms with E-state index in [0.717, 1.165) is 23.4 Å². The zero-order valence-electron chi connectivity index (χ0n) is 11.9. The van der Waals surface area contributed by atoms with Crippen LogP contribution >= 0.6 is 15.9 Å². The van der Waals surface area contributed by atoms with Crippen molar-refractivity contribution < 1.29 is 9.53 Å². The van der Waals surface area contributed by atoms with Crippen molar-refractivity contribution in [2.45, 2.75) is 24.8 Å². The van der Waals surface area contributed by atoms with Crippen molar-refractivity contribution in [3.05, 3.63) is 60.2 Å². The fourth-order valence-corrected chi connectivity index (χ4v) is 1.90. The Morgan fingerprint density at radius 1 is 1.14 bits per heavy atom. The summed E-state index contributed by atoms with van der Waals surface area (Å²) >= 11 is 3.33. The number of alkyl halides is 1. The van der Waals surface area contributed by atoms with E-state index in [4.69, 9.17) is 4.74 Å².